The number of halogens is 3. The summed E-state index contributed by atoms with van der Waals surface area (Å²) in [7, 11) is -3.81. The summed E-state index contributed by atoms with van der Waals surface area (Å²) in [6.45, 7) is 3.69. The van der Waals surface area contributed by atoms with Crippen LogP contribution in [0.4, 0.5) is 13.2 Å². The van der Waals surface area contributed by atoms with Gasteiger partial charge in [0.15, 0.2) is 0 Å². The lowest BCUT2D eigenvalue weighted by atomic mass is 10.1. The van der Waals surface area contributed by atoms with Crippen LogP contribution < -0.4 is 0 Å². The second-order valence-corrected chi connectivity index (χ2v) is 8.36. The van der Waals surface area contributed by atoms with Gasteiger partial charge >= 0.3 is 6.18 Å². The molecule has 0 unspecified atom stereocenters. The number of hydrogen-bond donors (Lipinski definition) is 0. The van der Waals surface area contributed by atoms with Gasteiger partial charge in [-0.05, 0) is 42.8 Å². The molecule has 0 aliphatic carbocycles. The van der Waals surface area contributed by atoms with Gasteiger partial charge in [0.1, 0.15) is 0 Å². The van der Waals surface area contributed by atoms with E-state index in [4.69, 9.17) is 0 Å². The first-order valence-corrected chi connectivity index (χ1v) is 9.95. The van der Waals surface area contributed by atoms with Crippen molar-refractivity contribution in [1.82, 2.24) is 14.2 Å². The summed E-state index contributed by atoms with van der Waals surface area (Å²) in [6.07, 6.45) is -1.00. The molecule has 27 heavy (non-hydrogen) atoms. The average molecular weight is 399 g/mol. The van der Waals surface area contributed by atoms with Crippen molar-refractivity contribution in [3.63, 3.8) is 0 Å². The van der Waals surface area contributed by atoms with Crippen molar-refractivity contribution in [2.24, 2.45) is 0 Å². The highest BCUT2D eigenvalue weighted by molar-refractivity contribution is 7.89. The molecule has 1 aromatic heterocycles. The molecule has 1 atom stereocenters. The molecule has 3 rings (SSSR count). The minimum atomic E-state index is -4.49. The van der Waals surface area contributed by atoms with Crippen LogP contribution in [0, 0.1) is 0 Å². The van der Waals surface area contributed by atoms with Gasteiger partial charge in [-0.25, -0.2) is 8.42 Å². The SMILES string of the molecule is C[C@H](c1cccnc1)N1CCN(S(=O)(=O)c2ccc(C(F)(F)F)cc2)CC1. The molecule has 2 heterocycles. The zero-order chi connectivity index (χ0) is 19.7. The lowest BCUT2D eigenvalue weighted by molar-refractivity contribution is -0.137. The topological polar surface area (TPSA) is 53.5 Å². The van der Waals surface area contributed by atoms with Gasteiger partial charge in [-0.2, -0.15) is 17.5 Å². The molecule has 0 N–H and O–H groups in total. The van der Waals surface area contributed by atoms with Crippen molar-refractivity contribution in [3.05, 3.63) is 59.9 Å². The Hall–Kier alpha value is -1.97. The van der Waals surface area contributed by atoms with Gasteiger partial charge in [0.25, 0.3) is 0 Å². The van der Waals surface area contributed by atoms with Gasteiger partial charge in [-0.15, -0.1) is 0 Å². The minimum absolute atomic E-state index is 0.106. The highest BCUT2D eigenvalue weighted by Gasteiger charge is 2.33. The van der Waals surface area contributed by atoms with Crippen LogP contribution in [0.2, 0.25) is 0 Å². The summed E-state index contributed by atoms with van der Waals surface area (Å²) < 4.78 is 64.7. The van der Waals surface area contributed by atoms with E-state index < -0.39 is 21.8 Å². The standard InChI is InChI=1S/C18H20F3N3O2S/c1-14(15-3-2-8-22-13-15)23-9-11-24(12-10-23)27(25,26)17-6-4-16(5-7-17)18(19,20)21/h2-8,13-14H,9-12H2,1H3/t14-/m1/s1. The van der Waals surface area contributed by atoms with E-state index in [1.165, 1.54) is 4.31 Å². The lowest BCUT2D eigenvalue weighted by Crippen LogP contribution is -2.49. The number of rotatable bonds is 4. The number of alkyl halides is 3. The van der Waals surface area contributed by atoms with E-state index in [0.717, 1.165) is 29.8 Å². The van der Waals surface area contributed by atoms with Gasteiger partial charge in [-0.1, -0.05) is 6.07 Å². The predicted octanol–water partition coefficient (Wildman–Crippen LogP) is 3.17. The Morgan fingerprint density at radius 1 is 1.04 bits per heavy atom. The highest BCUT2D eigenvalue weighted by Crippen LogP contribution is 2.30. The quantitative estimate of drug-likeness (QED) is 0.793. The van der Waals surface area contributed by atoms with Gasteiger partial charge in [0.2, 0.25) is 10.0 Å². The van der Waals surface area contributed by atoms with E-state index in [1.54, 1.807) is 12.4 Å². The molecule has 1 fully saturated rings. The van der Waals surface area contributed by atoms with Gasteiger partial charge in [-0.3, -0.25) is 9.88 Å². The van der Waals surface area contributed by atoms with Crippen LogP contribution in [-0.2, 0) is 16.2 Å². The molecule has 1 saturated heterocycles. The van der Waals surface area contributed by atoms with E-state index in [0.29, 0.717) is 13.1 Å². The van der Waals surface area contributed by atoms with Crippen LogP contribution in [0.15, 0.2) is 53.7 Å². The molecular formula is C18H20F3N3O2S. The average Bonchev–Trinajstić information content (AvgIpc) is 2.67. The number of benzene rings is 1. The molecular weight excluding hydrogens is 379 g/mol. The minimum Gasteiger partial charge on any atom is -0.294 e. The third-order valence-corrected chi connectivity index (χ3v) is 6.72. The molecule has 1 aliphatic heterocycles. The Bertz CT molecular complexity index is 863. The van der Waals surface area contributed by atoms with Crippen LogP contribution in [0.25, 0.3) is 0 Å². The Kier molecular flexibility index (Phi) is 5.55. The second-order valence-electron chi connectivity index (χ2n) is 6.42. The van der Waals surface area contributed by atoms with Gasteiger partial charge < -0.3 is 0 Å². The van der Waals surface area contributed by atoms with Crippen molar-refractivity contribution < 1.29 is 21.6 Å². The van der Waals surface area contributed by atoms with Gasteiger partial charge in [0, 0.05) is 44.6 Å². The lowest BCUT2D eigenvalue weighted by Gasteiger charge is -2.37. The predicted molar refractivity (Wildman–Crippen MR) is 94.4 cm³/mol. The monoisotopic (exact) mass is 399 g/mol. The normalized spacial score (nSPS) is 18.4. The largest absolute Gasteiger partial charge is 0.416 e. The Morgan fingerprint density at radius 2 is 1.67 bits per heavy atom. The third kappa shape index (κ3) is 4.31. The van der Waals surface area contributed by atoms with E-state index in [1.807, 2.05) is 19.1 Å². The van der Waals surface area contributed by atoms with Crippen LogP contribution >= 0.6 is 0 Å². The number of hydrogen-bond acceptors (Lipinski definition) is 4. The van der Waals surface area contributed by atoms with E-state index in [-0.39, 0.29) is 24.0 Å². The fraction of sp³-hybridized carbons (Fsp3) is 0.389. The molecule has 146 valence electrons. The number of nitrogens with zero attached hydrogens (tertiary/aromatic N) is 3. The first kappa shape index (κ1) is 19.8. The van der Waals surface area contributed by atoms with Gasteiger partial charge in [0.05, 0.1) is 10.5 Å². The van der Waals surface area contributed by atoms with Crippen molar-refractivity contribution in [2.45, 2.75) is 24.0 Å². The fourth-order valence-corrected chi connectivity index (χ4v) is 4.55. The molecule has 1 aliphatic rings. The molecule has 0 spiro atoms. The highest BCUT2D eigenvalue weighted by atomic mass is 32.2. The fourth-order valence-electron chi connectivity index (χ4n) is 3.13. The summed E-state index contributed by atoms with van der Waals surface area (Å²) in [5, 5.41) is 0. The maximum atomic E-state index is 12.7. The Morgan fingerprint density at radius 3 is 2.19 bits per heavy atom. The summed E-state index contributed by atoms with van der Waals surface area (Å²) in [4.78, 5) is 6.15. The molecule has 5 nitrogen and oxygen atoms in total. The van der Waals surface area contributed by atoms with Crippen molar-refractivity contribution >= 4 is 10.0 Å². The summed E-state index contributed by atoms with van der Waals surface area (Å²) in [5.74, 6) is 0. The first-order valence-electron chi connectivity index (χ1n) is 8.51. The number of pyridine rings is 1. The number of piperazine rings is 1. The number of sulfonamides is 1. The van der Waals surface area contributed by atoms with Crippen molar-refractivity contribution in [2.75, 3.05) is 26.2 Å². The van der Waals surface area contributed by atoms with Crippen LogP contribution in [-0.4, -0.2) is 48.8 Å². The Balaban J connectivity index is 1.68. The summed E-state index contributed by atoms with van der Waals surface area (Å²) >= 11 is 0. The zero-order valence-electron chi connectivity index (χ0n) is 14.7. The van der Waals surface area contributed by atoms with Crippen LogP contribution in [0.1, 0.15) is 24.1 Å². The molecule has 0 radical (unpaired) electrons. The van der Waals surface area contributed by atoms with Crippen LogP contribution in [0.5, 0.6) is 0 Å². The molecule has 0 amide bonds. The molecule has 9 heteroatoms. The Labute approximate surface area is 156 Å². The molecule has 0 bridgehead atoms. The zero-order valence-corrected chi connectivity index (χ0v) is 15.5. The molecule has 1 aromatic carbocycles. The number of aromatic nitrogens is 1. The third-order valence-electron chi connectivity index (χ3n) is 4.81. The van der Waals surface area contributed by atoms with E-state index in [9.17, 15) is 21.6 Å². The molecule has 0 saturated carbocycles. The van der Waals surface area contributed by atoms with Crippen molar-refractivity contribution in [1.29, 1.82) is 0 Å². The maximum Gasteiger partial charge on any atom is 0.416 e. The second kappa shape index (κ2) is 7.57. The maximum absolute atomic E-state index is 12.7. The summed E-state index contributed by atoms with van der Waals surface area (Å²) in [5.41, 5.74) is 0.188. The first-order chi connectivity index (χ1) is 12.7. The summed E-state index contributed by atoms with van der Waals surface area (Å²) in [6, 6.07) is 7.57. The van der Waals surface area contributed by atoms with E-state index in [2.05, 4.69) is 9.88 Å². The smallest absolute Gasteiger partial charge is 0.294 e. The van der Waals surface area contributed by atoms with Crippen LogP contribution in [0.3, 0.4) is 0 Å². The van der Waals surface area contributed by atoms with Crippen molar-refractivity contribution in [3.8, 4) is 0 Å². The molecule has 2 aromatic rings. The van der Waals surface area contributed by atoms with E-state index >= 15 is 0 Å².